The molecule has 0 unspecified atom stereocenters. The number of carboxylic acids is 1. The summed E-state index contributed by atoms with van der Waals surface area (Å²) in [6.07, 6.45) is -0.0890. The number of aromatic nitrogens is 1. The molecular formula is C24H23N3O4. The van der Waals surface area contributed by atoms with Crippen molar-refractivity contribution in [3.8, 4) is 0 Å². The fourth-order valence-corrected chi connectivity index (χ4v) is 3.96. The van der Waals surface area contributed by atoms with Crippen LogP contribution in [0.4, 0.5) is 0 Å². The van der Waals surface area contributed by atoms with Gasteiger partial charge >= 0.3 is 5.97 Å². The molecule has 4 rings (SSSR count). The number of fused-ring (bicyclic) bond motifs is 1. The predicted octanol–water partition coefficient (Wildman–Crippen LogP) is 3.69. The van der Waals surface area contributed by atoms with Crippen LogP contribution in [0.5, 0.6) is 0 Å². The number of nitrogens with one attached hydrogen (secondary N) is 1. The molecule has 3 aromatic rings. The van der Waals surface area contributed by atoms with Crippen molar-refractivity contribution < 1.29 is 14.7 Å². The first-order valence-electron chi connectivity index (χ1n) is 10.1. The largest absolute Gasteiger partial charge is 0.481 e. The Morgan fingerprint density at radius 3 is 2.65 bits per heavy atom. The number of hydrazone groups is 1. The number of nitrogens with zero attached hydrogens (tertiary/aromatic N) is 2. The van der Waals surface area contributed by atoms with E-state index in [4.69, 9.17) is 5.11 Å². The summed E-state index contributed by atoms with van der Waals surface area (Å²) < 4.78 is 0. The smallest absolute Gasteiger partial charge is 0.303 e. The summed E-state index contributed by atoms with van der Waals surface area (Å²) in [5.41, 5.74) is 4.52. The first-order valence-corrected chi connectivity index (χ1v) is 10.1. The number of carboxylic acid groups (broad SMARTS) is 1. The molecule has 1 amide bonds. The Morgan fingerprint density at radius 2 is 1.90 bits per heavy atom. The van der Waals surface area contributed by atoms with E-state index in [1.165, 1.54) is 5.01 Å². The van der Waals surface area contributed by atoms with Gasteiger partial charge in [-0.25, -0.2) is 5.01 Å². The van der Waals surface area contributed by atoms with Crippen molar-refractivity contribution >= 4 is 28.5 Å². The van der Waals surface area contributed by atoms with Crippen LogP contribution in [0.25, 0.3) is 10.9 Å². The molecule has 0 saturated carbocycles. The van der Waals surface area contributed by atoms with E-state index in [9.17, 15) is 14.4 Å². The molecule has 0 saturated heterocycles. The second kappa shape index (κ2) is 8.18. The molecule has 1 aliphatic heterocycles. The van der Waals surface area contributed by atoms with Crippen LogP contribution in [0, 0.1) is 13.8 Å². The van der Waals surface area contributed by atoms with Crippen molar-refractivity contribution in [3.05, 3.63) is 81.1 Å². The number of carbonyl (C=O) groups excluding carboxylic acids is 1. The lowest BCUT2D eigenvalue weighted by atomic mass is 9.97. The van der Waals surface area contributed by atoms with E-state index in [1.54, 1.807) is 6.07 Å². The van der Waals surface area contributed by atoms with Gasteiger partial charge in [-0.1, -0.05) is 48.0 Å². The molecule has 0 bridgehead atoms. The predicted molar refractivity (Wildman–Crippen MR) is 118 cm³/mol. The molecule has 158 valence electrons. The molecule has 1 aliphatic rings. The van der Waals surface area contributed by atoms with Crippen LogP contribution in [0.2, 0.25) is 0 Å². The molecule has 0 aliphatic carbocycles. The number of aromatic amines is 1. The van der Waals surface area contributed by atoms with Crippen LogP contribution in [-0.4, -0.2) is 32.7 Å². The van der Waals surface area contributed by atoms with Crippen molar-refractivity contribution in [2.24, 2.45) is 5.10 Å². The maximum atomic E-state index is 13.0. The zero-order valence-corrected chi connectivity index (χ0v) is 17.4. The van der Waals surface area contributed by atoms with Gasteiger partial charge < -0.3 is 10.1 Å². The highest BCUT2D eigenvalue weighted by Gasteiger charge is 2.34. The Hall–Kier alpha value is -3.74. The van der Waals surface area contributed by atoms with Gasteiger partial charge in [0.15, 0.2) is 0 Å². The third-order valence-corrected chi connectivity index (χ3v) is 5.55. The maximum absolute atomic E-state index is 13.0. The number of rotatable bonds is 5. The average Bonchev–Trinajstić information content (AvgIpc) is 3.17. The Labute approximate surface area is 179 Å². The molecule has 0 spiro atoms. The standard InChI is InChI=1S/C24H23N3O4/c1-14-5-3-7-16(11-14)19-13-20(27(26-19)21(28)9-10-22(29)30)18-12-17-8-4-6-15(2)23(17)25-24(18)31/h3-8,11-12,20H,9-10,13H2,1-2H3,(H,25,31)(H,29,30)/t20-/m0/s1. The first-order chi connectivity index (χ1) is 14.8. The second-order valence-corrected chi connectivity index (χ2v) is 7.86. The van der Waals surface area contributed by atoms with Gasteiger partial charge in [0.2, 0.25) is 5.91 Å². The van der Waals surface area contributed by atoms with E-state index >= 15 is 0 Å². The summed E-state index contributed by atoms with van der Waals surface area (Å²) in [5.74, 6) is -1.47. The summed E-state index contributed by atoms with van der Waals surface area (Å²) in [5, 5.41) is 15.7. The summed E-state index contributed by atoms with van der Waals surface area (Å²) in [4.78, 5) is 39.7. The van der Waals surface area contributed by atoms with E-state index < -0.39 is 17.9 Å². The number of aryl methyl sites for hydroxylation is 2. The van der Waals surface area contributed by atoms with E-state index in [0.717, 1.165) is 27.6 Å². The third-order valence-electron chi connectivity index (χ3n) is 5.55. The minimum absolute atomic E-state index is 0.180. The van der Waals surface area contributed by atoms with Crippen molar-refractivity contribution in [2.45, 2.75) is 39.2 Å². The highest BCUT2D eigenvalue weighted by molar-refractivity contribution is 6.03. The quantitative estimate of drug-likeness (QED) is 0.661. The van der Waals surface area contributed by atoms with Crippen molar-refractivity contribution in [3.63, 3.8) is 0 Å². The van der Waals surface area contributed by atoms with Gasteiger partial charge in [-0.15, -0.1) is 0 Å². The molecule has 0 fully saturated rings. The molecule has 2 aromatic carbocycles. The SMILES string of the molecule is Cc1cccc(C2=NN(C(=O)CCC(=O)O)[C@H](c3cc4cccc(C)c4[nH]c3=O)C2)c1. The summed E-state index contributed by atoms with van der Waals surface area (Å²) in [6.45, 7) is 3.90. The fraction of sp³-hybridized carbons (Fsp3) is 0.250. The topological polar surface area (TPSA) is 103 Å². The lowest BCUT2D eigenvalue weighted by Gasteiger charge is -2.21. The van der Waals surface area contributed by atoms with Crippen molar-refractivity contribution in [2.75, 3.05) is 0 Å². The molecule has 31 heavy (non-hydrogen) atoms. The van der Waals surface area contributed by atoms with Crippen LogP contribution in [0.3, 0.4) is 0 Å². The number of carbonyl (C=O) groups is 2. The number of hydrogen-bond acceptors (Lipinski definition) is 4. The number of H-pyrrole nitrogens is 1. The average molecular weight is 417 g/mol. The van der Waals surface area contributed by atoms with Gasteiger partial charge in [-0.3, -0.25) is 14.4 Å². The van der Waals surface area contributed by atoms with Crippen molar-refractivity contribution in [1.29, 1.82) is 0 Å². The molecular weight excluding hydrogens is 394 g/mol. The van der Waals surface area contributed by atoms with Gasteiger partial charge in [0.05, 0.1) is 23.7 Å². The molecule has 0 radical (unpaired) electrons. The van der Waals surface area contributed by atoms with Crippen LogP contribution in [-0.2, 0) is 9.59 Å². The molecule has 1 atom stereocenters. The minimum atomic E-state index is -1.05. The Balaban J connectivity index is 1.77. The first kappa shape index (κ1) is 20.5. The zero-order chi connectivity index (χ0) is 22.1. The Morgan fingerprint density at radius 1 is 1.13 bits per heavy atom. The second-order valence-electron chi connectivity index (χ2n) is 7.86. The van der Waals surface area contributed by atoms with E-state index in [-0.39, 0.29) is 18.4 Å². The summed E-state index contributed by atoms with van der Waals surface area (Å²) in [7, 11) is 0. The molecule has 7 heteroatoms. The van der Waals surface area contributed by atoms with E-state index in [0.29, 0.717) is 17.7 Å². The lowest BCUT2D eigenvalue weighted by molar-refractivity contribution is -0.141. The highest BCUT2D eigenvalue weighted by atomic mass is 16.4. The van der Waals surface area contributed by atoms with Crippen LogP contribution in [0.15, 0.2) is 58.4 Å². The number of para-hydroxylation sites is 1. The van der Waals surface area contributed by atoms with E-state index in [1.807, 2.05) is 56.3 Å². The van der Waals surface area contributed by atoms with Gasteiger partial charge in [0.1, 0.15) is 0 Å². The van der Waals surface area contributed by atoms with Crippen LogP contribution < -0.4 is 5.56 Å². The van der Waals surface area contributed by atoms with Crippen molar-refractivity contribution in [1.82, 2.24) is 9.99 Å². The third kappa shape index (κ3) is 4.12. The number of aliphatic carboxylic acids is 1. The van der Waals surface area contributed by atoms with Gasteiger partial charge in [-0.05, 0) is 36.4 Å². The van der Waals surface area contributed by atoms with Gasteiger partial charge in [0, 0.05) is 18.4 Å². The minimum Gasteiger partial charge on any atom is -0.481 e. The lowest BCUT2D eigenvalue weighted by Crippen LogP contribution is -2.31. The fourth-order valence-electron chi connectivity index (χ4n) is 3.96. The zero-order valence-electron chi connectivity index (χ0n) is 17.4. The Kier molecular flexibility index (Phi) is 5.42. The highest BCUT2D eigenvalue weighted by Crippen LogP contribution is 2.33. The van der Waals surface area contributed by atoms with Gasteiger partial charge in [-0.2, -0.15) is 5.10 Å². The molecule has 1 aromatic heterocycles. The van der Waals surface area contributed by atoms with Crippen LogP contribution >= 0.6 is 0 Å². The van der Waals surface area contributed by atoms with Crippen LogP contribution in [0.1, 0.15) is 47.6 Å². The van der Waals surface area contributed by atoms with Gasteiger partial charge in [0.25, 0.3) is 5.56 Å². The monoisotopic (exact) mass is 417 g/mol. The number of hydrogen-bond donors (Lipinski definition) is 2. The normalized spacial score (nSPS) is 15.9. The maximum Gasteiger partial charge on any atom is 0.303 e. The van der Waals surface area contributed by atoms with E-state index in [2.05, 4.69) is 10.1 Å². The summed E-state index contributed by atoms with van der Waals surface area (Å²) >= 11 is 0. The summed E-state index contributed by atoms with van der Waals surface area (Å²) in [6, 6.07) is 14.8. The Bertz CT molecular complexity index is 1280. The number of pyridine rings is 1. The molecule has 7 nitrogen and oxygen atoms in total. The number of amides is 1. The number of benzene rings is 2. The molecule has 2 N–H and O–H groups in total. The molecule has 2 heterocycles.